The van der Waals surface area contributed by atoms with Crippen molar-refractivity contribution < 1.29 is 9.53 Å². The second kappa shape index (κ2) is 8.48. The Kier molecular flexibility index (Phi) is 6.33. The number of carbonyl (C=O) groups is 1. The van der Waals surface area contributed by atoms with Gasteiger partial charge in [-0.05, 0) is 31.0 Å². The topological polar surface area (TPSA) is 64.1 Å². The van der Waals surface area contributed by atoms with Gasteiger partial charge in [0.15, 0.2) is 6.61 Å². The van der Waals surface area contributed by atoms with Crippen LogP contribution in [0.4, 0.5) is 5.13 Å². The fraction of sp³-hybridized carbons (Fsp3) is 0.438. The average Bonchev–Trinajstić information content (AvgIpc) is 2.93. The van der Waals surface area contributed by atoms with E-state index in [4.69, 9.17) is 4.74 Å². The maximum absolute atomic E-state index is 11.8. The number of rotatable bonds is 8. The summed E-state index contributed by atoms with van der Waals surface area (Å²) in [5.41, 5.74) is 1.10. The lowest BCUT2D eigenvalue weighted by atomic mass is 10.2. The number of hydrogen-bond donors (Lipinski definition) is 1. The number of amides is 1. The maximum Gasteiger partial charge on any atom is 0.264 e. The molecule has 0 fully saturated rings. The van der Waals surface area contributed by atoms with Crippen LogP contribution in [-0.2, 0) is 11.2 Å². The Morgan fingerprint density at radius 3 is 2.95 bits per heavy atom. The van der Waals surface area contributed by atoms with Gasteiger partial charge in [-0.15, -0.1) is 10.2 Å². The molecule has 1 N–H and O–H groups in total. The van der Waals surface area contributed by atoms with Crippen LogP contribution in [0.15, 0.2) is 24.3 Å². The highest BCUT2D eigenvalue weighted by Gasteiger charge is 2.09. The Balaban J connectivity index is 1.77. The summed E-state index contributed by atoms with van der Waals surface area (Å²) in [7, 11) is 0. The molecule has 0 aliphatic carbocycles. The van der Waals surface area contributed by atoms with E-state index in [9.17, 15) is 4.79 Å². The lowest BCUT2D eigenvalue weighted by molar-refractivity contribution is -0.118. The Bertz CT molecular complexity index is 613. The van der Waals surface area contributed by atoms with E-state index in [1.807, 2.05) is 31.2 Å². The van der Waals surface area contributed by atoms with E-state index < -0.39 is 0 Å². The lowest BCUT2D eigenvalue weighted by Crippen LogP contribution is -2.20. The Labute approximate surface area is 134 Å². The van der Waals surface area contributed by atoms with Gasteiger partial charge >= 0.3 is 0 Å². The minimum atomic E-state index is -0.224. The van der Waals surface area contributed by atoms with Crippen LogP contribution in [-0.4, -0.2) is 22.7 Å². The van der Waals surface area contributed by atoms with Crippen molar-refractivity contribution in [2.24, 2.45) is 0 Å². The third-order valence-electron chi connectivity index (χ3n) is 3.07. The van der Waals surface area contributed by atoms with Crippen molar-refractivity contribution >= 4 is 22.4 Å². The lowest BCUT2D eigenvalue weighted by Gasteiger charge is -2.05. The molecule has 1 aromatic carbocycles. The molecule has 0 aliphatic rings. The molecular weight excluding hydrogens is 298 g/mol. The molecule has 1 heterocycles. The Hall–Kier alpha value is -1.95. The normalized spacial score (nSPS) is 10.5. The number of nitrogens with zero attached hydrogens (tertiary/aromatic N) is 2. The Morgan fingerprint density at radius 1 is 1.32 bits per heavy atom. The van der Waals surface area contributed by atoms with E-state index in [2.05, 4.69) is 22.4 Å². The summed E-state index contributed by atoms with van der Waals surface area (Å²) in [5, 5.41) is 12.3. The molecule has 0 saturated carbocycles. The van der Waals surface area contributed by atoms with Gasteiger partial charge in [0.25, 0.3) is 5.91 Å². The van der Waals surface area contributed by atoms with Gasteiger partial charge in [0, 0.05) is 6.42 Å². The fourth-order valence-electron chi connectivity index (χ4n) is 1.94. The summed E-state index contributed by atoms with van der Waals surface area (Å²) in [5.74, 6) is 0.463. The quantitative estimate of drug-likeness (QED) is 0.755. The van der Waals surface area contributed by atoms with E-state index in [1.165, 1.54) is 24.2 Å². The molecule has 1 aromatic heterocycles. The summed E-state index contributed by atoms with van der Waals surface area (Å²) in [6, 6.07) is 7.60. The molecule has 0 spiro atoms. The second-order valence-electron chi connectivity index (χ2n) is 5.11. The van der Waals surface area contributed by atoms with Gasteiger partial charge < -0.3 is 4.74 Å². The van der Waals surface area contributed by atoms with Crippen LogP contribution in [0, 0.1) is 6.92 Å². The third-order valence-corrected chi connectivity index (χ3v) is 3.97. The van der Waals surface area contributed by atoms with E-state index >= 15 is 0 Å². The largest absolute Gasteiger partial charge is 0.484 e. The molecular formula is C16H21N3O2S. The van der Waals surface area contributed by atoms with Gasteiger partial charge in [0.05, 0.1) is 0 Å². The summed E-state index contributed by atoms with van der Waals surface area (Å²) in [6.07, 6.45) is 4.39. The summed E-state index contributed by atoms with van der Waals surface area (Å²) in [6.45, 7) is 4.11. The van der Waals surface area contributed by atoms with Crippen LogP contribution in [0.25, 0.3) is 0 Å². The molecule has 118 valence electrons. The molecule has 0 bridgehead atoms. The number of anilines is 1. The molecule has 0 atom stereocenters. The van der Waals surface area contributed by atoms with Crippen LogP contribution in [0.3, 0.4) is 0 Å². The molecule has 2 rings (SSSR count). The zero-order chi connectivity index (χ0) is 15.8. The Morgan fingerprint density at radius 2 is 2.18 bits per heavy atom. The van der Waals surface area contributed by atoms with E-state index in [0.29, 0.717) is 10.9 Å². The van der Waals surface area contributed by atoms with Crippen molar-refractivity contribution in [3.8, 4) is 5.75 Å². The smallest absolute Gasteiger partial charge is 0.264 e. The van der Waals surface area contributed by atoms with Crippen LogP contribution >= 0.6 is 11.3 Å². The zero-order valence-corrected chi connectivity index (χ0v) is 13.8. The molecule has 0 saturated heterocycles. The highest BCUT2D eigenvalue weighted by atomic mass is 32.1. The first-order chi connectivity index (χ1) is 10.7. The van der Waals surface area contributed by atoms with Gasteiger partial charge in [-0.2, -0.15) is 0 Å². The molecule has 0 aliphatic heterocycles. The molecule has 0 unspecified atom stereocenters. The molecule has 0 radical (unpaired) electrons. The molecule has 5 nitrogen and oxygen atoms in total. The number of aryl methyl sites for hydroxylation is 2. The SMILES string of the molecule is CCCCCc1nnc(NC(=O)COc2cccc(C)c2)s1. The number of aromatic nitrogens is 2. The van der Waals surface area contributed by atoms with Crippen LogP contribution in [0.2, 0.25) is 0 Å². The zero-order valence-electron chi connectivity index (χ0n) is 13.0. The van der Waals surface area contributed by atoms with E-state index in [-0.39, 0.29) is 12.5 Å². The predicted octanol–water partition coefficient (Wildman–Crippen LogP) is 3.60. The van der Waals surface area contributed by atoms with Crippen molar-refractivity contribution in [2.45, 2.75) is 39.5 Å². The summed E-state index contributed by atoms with van der Waals surface area (Å²) in [4.78, 5) is 11.8. The molecule has 1 amide bonds. The number of nitrogens with one attached hydrogen (secondary N) is 1. The van der Waals surface area contributed by atoms with Crippen molar-refractivity contribution in [2.75, 3.05) is 11.9 Å². The molecule has 2 aromatic rings. The molecule has 6 heteroatoms. The monoisotopic (exact) mass is 319 g/mol. The van der Waals surface area contributed by atoms with Gasteiger partial charge in [-0.1, -0.05) is 43.2 Å². The van der Waals surface area contributed by atoms with Crippen molar-refractivity contribution in [3.63, 3.8) is 0 Å². The van der Waals surface area contributed by atoms with Crippen molar-refractivity contribution in [3.05, 3.63) is 34.8 Å². The van der Waals surface area contributed by atoms with Crippen LogP contribution in [0.5, 0.6) is 5.75 Å². The van der Waals surface area contributed by atoms with Crippen molar-refractivity contribution in [1.82, 2.24) is 10.2 Å². The van der Waals surface area contributed by atoms with E-state index in [0.717, 1.165) is 23.4 Å². The van der Waals surface area contributed by atoms with E-state index in [1.54, 1.807) is 0 Å². The first-order valence-corrected chi connectivity index (χ1v) is 8.30. The molecule has 22 heavy (non-hydrogen) atoms. The maximum atomic E-state index is 11.8. The first-order valence-electron chi connectivity index (χ1n) is 7.49. The average molecular weight is 319 g/mol. The fourth-order valence-corrected chi connectivity index (χ4v) is 2.74. The number of hydrogen-bond acceptors (Lipinski definition) is 5. The highest BCUT2D eigenvalue weighted by molar-refractivity contribution is 7.15. The van der Waals surface area contributed by atoms with Crippen LogP contribution in [0.1, 0.15) is 36.8 Å². The van der Waals surface area contributed by atoms with Crippen LogP contribution < -0.4 is 10.1 Å². The van der Waals surface area contributed by atoms with Gasteiger partial charge in [-0.25, -0.2) is 0 Å². The predicted molar refractivity (Wildman–Crippen MR) is 88.4 cm³/mol. The number of benzene rings is 1. The number of carbonyl (C=O) groups excluding carboxylic acids is 1. The number of unbranched alkanes of at least 4 members (excludes halogenated alkanes) is 2. The standard InChI is InChI=1S/C16H21N3O2S/c1-3-4-5-9-15-18-19-16(22-15)17-14(20)11-21-13-8-6-7-12(2)10-13/h6-8,10H,3-5,9,11H2,1-2H3,(H,17,19,20). The van der Waals surface area contributed by atoms with Gasteiger partial charge in [-0.3, -0.25) is 10.1 Å². The third kappa shape index (κ3) is 5.44. The number of ether oxygens (including phenoxy) is 1. The minimum absolute atomic E-state index is 0.0335. The first kappa shape index (κ1) is 16.4. The van der Waals surface area contributed by atoms with Gasteiger partial charge in [0.2, 0.25) is 5.13 Å². The minimum Gasteiger partial charge on any atom is -0.484 e. The highest BCUT2D eigenvalue weighted by Crippen LogP contribution is 2.17. The van der Waals surface area contributed by atoms with Gasteiger partial charge in [0.1, 0.15) is 10.8 Å². The van der Waals surface area contributed by atoms with Crippen molar-refractivity contribution in [1.29, 1.82) is 0 Å². The summed E-state index contributed by atoms with van der Waals surface area (Å²) < 4.78 is 5.45. The second-order valence-corrected chi connectivity index (χ2v) is 6.17. The summed E-state index contributed by atoms with van der Waals surface area (Å²) >= 11 is 1.43.